The van der Waals surface area contributed by atoms with Gasteiger partial charge < -0.3 is 5.32 Å². The molecule has 1 aromatic carbocycles. The highest BCUT2D eigenvalue weighted by Gasteiger charge is 2.39. The number of carbonyl (C=O) groups is 1. The molecule has 0 bridgehead atoms. The number of hydrogen-bond donors (Lipinski definition) is 1. The molecule has 1 unspecified atom stereocenters. The van der Waals surface area contributed by atoms with Crippen LogP contribution in [0.1, 0.15) is 32.3 Å². The summed E-state index contributed by atoms with van der Waals surface area (Å²) in [6.07, 6.45) is 3.78. The maximum absolute atomic E-state index is 12.4. The summed E-state index contributed by atoms with van der Waals surface area (Å²) in [6.45, 7) is 7.59. The van der Waals surface area contributed by atoms with Crippen molar-refractivity contribution in [3.05, 3.63) is 42.1 Å². The Labute approximate surface area is 137 Å². The number of nitrogens with zero attached hydrogens (tertiary/aromatic N) is 2. The molecule has 2 heterocycles. The van der Waals surface area contributed by atoms with Crippen LogP contribution in [0.4, 0.5) is 0 Å². The number of para-hydroxylation sites is 1. The van der Waals surface area contributed by atoms with E-state index in [1.165, 1.54) is 10.9 Å². The van der Waals surface area contributed by atoms with Crippen LogP contribution in [-0.4, -0.2) is 35.4 Å². The van der Waals surface area contributed by atoms with E-state index in [1.54, 1.807) is 0 Å². The molecule has 0 spiro atoms. The molecular formula is C19H25N3O. The first kappa shape index (κ1) is 15.9. The fourth-order valence-electron chi connectivity index (χ4n) is 3.36. The number of likely N-dealkylation sites (tertiary alicyclic amines) is 1. The first-order valence-corrected chi connectivity index (χ1v) is 8.46. The Balaban J connectivity index is 1.71. The van der Waals surface area contributed by atoms with Crippen LogP contribution in [0.25, 0.3) is 10.9 Å². The van der Waals surface area contributed by atoms with Gasteiger partial charge in [0, 0.05) is 31.2 Å². The minimum absolute atomic E-state index is 0.196. The van der Waals surface area contributed by atoms with Crippen LogP contribution < -0.4 is 5.32 Å². The second-order valence-corrected chi connectivity index (χ2v) is 6.76. The van der Waals surface area contributed by atoms with Crippen molar-refractivity contribution < 1.29 is 4.79 Å². The van der Waals surface area contributed by atoms with Gasteiger partial charge in [0.15, 0.2) is 0 Å². The first-order chi connectivity index (χ1) is 11.1. The lowest BCUT2D eigenvalue weighted by molar-refractivity contribution is -0.129. The van der Waals surface area contributed by atoms with Crippen LogP contribution in [-0.2, 0) is 11.3 Å². The SMILES string of the molecule is CCCNC(=O)C1(C)CCN(Cc2ccnc3ccccc23)C1. The second-order valence-electron chi connectivity index (χ2n) is 6.76. The fourth-order valence-corrected chi connectivity index (χ4v) is 3.36. The molecule has 0 aliphatic carbocycles. The molecule has 2 aromatic rings. The summed E-state index contributed by atoms with van der Waals surface area (Å²) in [5, 5.41) is 4.26. The van der Waals surface area contributed by atoms with Crippen molar-refractivity contribution in [3.8, 4) is 0 Å². The standard InChI is InChI=1S/C19H25N3O/c1-3-10-21-18(23)19(2)9-12-22(14-19)13-15-8-11-20-17-7-5-4-6-16(15)17/h4-8,11H,3,9-10,12-14H2,1-2H3,(H,21,23). The molecule has 1 fully saturated rings. The molecule has 3 rings (SSSR count). The molecule has 1 amide bonds. The molecule has 1 N–H and O–H groups in total. The Hall–Kier alpha value is -1.94. The zero-order valence-electron chi connectivity index (χ0n) is 14.0. The molecule has 1 atom stereocenters. The first-order valence-electron chi connectivity index (χ1n) is 8.46. The predicted molar refractivity (Wildman–Crippen MR) is 93.0 cm³/mol. The summed E-state index contributed by atoms with van der Waals surface area (Å²) in [5.41, 5.74) is 2.05. The Morgan fingerprint density at radius 3 is 3.00 bits per heavy atom. The van der Waals surface area contributed by atoms with Crippen molar-refractivity contribution in [2.75, 3.05) is 19.6 Å². The number of carbonyl (C=O) groups excluding carboxylic acids is 1. The van der Waals surface area contributed by atoms with E-state index in [-0.39, 0.29) is 11.3 Å². The highest BCUT2D eigenvalue weighted by Crippen LogP contribution is 2.31. The van der Waals surface area contributed by atoms with Gasteiger partial charge in [0.25, 0.3) is 0 Å². The van der Waals surface area contributed by atoms with E-state index in [1.807, 2.05) is 18.3 Å². The summed E-state index contributed by atoms with van der Waals surface area (Å²) in [4.78, 5) is 19.2. The predicted octanol–water partition coefficient (Wildman–Crippen LogP) is 2.97. The summed E-state index contributed by atoms with van der Waals surface area (Å²) >= 11 is 0. The minimum Gasteiger partial charge on any atom is -0.356 e. The van der Waals surface area contributed by atoms with Gasteiger partial charge in [0.05, 0.1) is 10.9 Å². The van der Waals surface area contributed by atoms with Crippen LogP contribution in [0.5, 0.6) is 0 Å². The molecule has 1 aliphatic rings. The molecular weight excluding hydrogens is 286 g/mol. The third kappa shape index (κ3) is 3.37. The smallest absolute Gasteiger partial charge is 0.227 e. The molecule has 4 nitrogen and oxygen atoms in total. The van der Waals surface area contributed by atoms with Gasteiger partial charge in [-0.3, -0.25) is 14.7 Å². The quantitative estimate of drug-likeness (QED) is 0.923. The van der Waals surface area contributed by atoms with Gasteiger partial charge in [-0.1, -0.05) is 25.1 Å². The molecule has 1 saturated heterocycles. The van der Waals surface area contributed by atoms with Gasteiger partial charge in [0.1, 0.15) is 0 Å². The molecule has 122 valence electrons. The zero-order chi connectivity index (χ0) is 16.3. The van der Waals surface area contributed by atoms with E-state index in [2.05, 4.69) is 47.2 Å². The van der Waals surface area contributed by atoms with E-state index < -0.39 is 0 Å². The maximum Gasteiger partial charge on any atom is 0.227 e. The van der Waals surface area contributed by atoms with E-state index in [0.717, 1.165) is 44.5 Å². The Morgan fingerprint density at radius 2 is 2.17 bits per heavy atom. The zero-order valence-corrected chi connectivity index (χ0v) is 14.0. The van der Waals surface area contributed by atoms with E-state index >= 15 is 0 Å². The highest BCUT2D eigenvalue weighted by atomic mass is 16.2. The topological polar surface area (TPSA) is 45.2 Å². The Bertz CT molecular complexity index is 695. The van der Waals surface area contributed by atoms with Gasteiger partial charge in [-0.05, 0) is 44.0 Å². The largest absolute Gasteiger partial charge is 0.356 e. The molecule has 4 heteroatoms. The lowest BCUT2D eigenvalue weighted by atomic mass is 9.88. The Kier molecular flexibility index (Phi) is 4.62. The van der Waals surface area contributed by atoms with Gasteiger partial charge in [-0.2, -0.15) is 0 Å². The number of rotatable bonds is 5. The molecule has 23 heavy (non-hydrogen) atoms. The summed E-state index contributed by atoms with van der Waals surface area (Å²) in [5.74, 6) is 0.196. The van der Waals surface area contributed by atoms with E-state index in [9.17, 15) is 4.79 Å². The minimum atomic E-state index is -0.266. The van der Waals surface area contributed by atoms with Crippen molar-refractivity contribution >= 4 is 16.8 Å². The number of aromatic nitrogens is 1. The van der Waals surface area contributed by atoms with Gasteiger partial charge in [0.2, 0.25) is 5.91 Å². The number of amides is 1. The van der Waals surface area contributed by atoms with Gasteiger partial charge in [-0.25, -0.2) is 0 Å². The van der Waals surface area contributed by atoms with Crippen LogP contribution in [0.3, 0.4) is 0 Å². The number of nitrogens with one attached hydrogen (secondary N) is 1. The lowest BCUT2D eigenvalue weighted by Crippen LogP contribution is -2.41. The number of benzene rings is 1. The van der Waals surface area contributed by atoms with Gasteiger partial charge in [-0.15, -0.1) is 0 Å². The summed E-state index contributed by atoms with van der Waals surface area (Å²) in [7, 11) is 0. The molecule has 0 saturated carbocycles. The number of pyridine rings is 1. The Morgan fingerprint density at radius 1 is 1.35 bits per heavy atom. The van der Waals surface area contributed by atoms with Crippen molar-refractivity contribution in [1.82, 2.24) is 15.2 Å². The fraction of sp³-hybridized carbons (Fsp3) is 0.474. The normalized spacial score (nSPS) is 21.7. The molecule has 0 radical (unpaired) electrons. The van der Waals surface area contributed by atoms with E-state index in [4.69, 9.17) is 0 Å². The average molecular weight is 311 g/mol. The van der Waals surface area contributed by atoms with Crippen molar-refractivity contribution in [2.24, 2.45) is 5.41 Å². The highest BCUT2D eigenvalue weighted by molar-refractivity contribution is 5.83. The van der Waals surface area contributed by atoms with Crippen LogP contribution in [0, 0.1) is 5.41 Å². The summed E-state index contributed by atoms with van der Waals surface area (Å²) < 4.78 is 0. The van der Waals surface area contributed by atoms with Crippen LogP contribution in [0.15, 0.2) is 36.5 Å². The summed E-state index contributed by atoms with van der Waals surface area (Å²) in [6, 6.07) is 10.3. The van der Waals surface area contributed by atoms with Crippen LogP contribution >= 0.6 is 0 Å². The van der Waals surface area contributed by atoms with E-state index in [0.29, 0.717) is 0 Å². The molecule has 1 aliphatic heterocycles. The lowest BCUT2D eigenvalue weighted by Gasteiger charge is -2.24. The third-order valence-corrected chi connectivity index (χ3v) is 4.77. The maximum atomic E-state index is 12.4. The van der Waals surface area contributed by atoms with Crippen LogP contribution in [0.2, 0.25) is 0 Å². The monoisotopic (exact) mass is 311 g/mol. The van der Waals surface area contributed by atoms with Crippen molar-refractivity contribution in [1.29, 1.82) is 0 Å². The number of fused-ring (bicyclic) bond motifs is 1. The van der Waals surface area contributed by atoms with Crippen molar-refractivity contribution in [3.63, 3.8) is 0 Å². The average Bonchev–Trinajstić information content (AvgIpc) is 2.95. The van der Waals surface area contributed by atoms with Crippen molar-refractivity contribution in [2.45, 2.75) is 33.2 Å². The molecule has 1 aromatic heterocycles. The van der Waals surface area contributed by atoms with Gasteiger partial charge >= 0.3 is 0 Å². The number of hydrogen-bond acceptors (Lipinski definition) is 3. The second kappa shape index (κ2) is 6.67. The third-order valence-electron chi connectivity index (χ3n) is 4.77.